The Kier molecular flexibility index (Phi) is 3.57. The number of anilines is 1. The summed E-state index contributed by atoms with van der Waals surface area (Å²) in [7, 11) is 0. The second-order valence-corrected chi connectivity index (χ2v) is 5.09. The number of rotatable bonds is 3. The van der Waals surface area contributed by atoms with Gasteiger partial charge in [-0.2, -0.15) is 0 Å². The van der Waals surface area contributed by atoms with E-state index in [1.165, 1.54) is 0 Å². The highest BCUT2D eigenvalue weighted by Crippen LogP contribution is 2.34. The molecule has 0 spiro atoms. The largest absolute Gasteiger partial charge is 0.394 e. The molecule has 98 valence electrons. The van der Waals surface area contributed by atoms with E-state index in [-0.39, 0.29) is 18.5 Å². The zero-order chi connectivity index (χ0) is 13.3. The molecular formula is C14H21N3O. The number of hydrogen-bond donors (Lipinski definition) is 3. The molecule has 2 unspecified atom stereocenters. The van der Waals surface area contributed by atoms with Gasteiger partial charge in [-0.25, -0.2) is 0 Å². The van der Waals surface area contributed by atoms with Gasteiger partial charge in [-0.05, 0) is 30.9 Å². The Morgan fingerprint density at radius 1 is 1.56 bits per heavy atom. The minimum absolute atomic E-state index is 0.0879. The zero-order valence-corrected chi connectivity index (χ0v) is 11.0. The Balaban J connectivity index is 2.47. The van der Waals surface area contributed by atoms with Gasteiger partial charge in [0, 0.05) is 12.1 Å². The first-order chi connectivity index (χ1) is 8.56. The first kappa shape index (κ1) is 12.9. The first-order valence-electron chi connectivity index (χ1n) is 6.37. The molecule has 0 amide bonds. The molecular weight excluding hydrogens is 226 g/mol. The number of amidine groups is 1. The van der Waals surface area contributed by atoms with Crippen LogP contribution in [-0.4, -0.2) is 30.1 Å². The lowest BCUT2D eigenvalue weighted by molar-refractivity contribution is 0.244. The van der Waals surface area contributed by atoms with Gasteiger partial charge in [0.1, 0.15) is 5.84 Å². The summed E-state index contributed by atoms with van der Waals surface area (Å²) >= 11 is 0. The summed E-state index contributed by atoms with van der Waals surface area (Å²) in [4.78, 5) is 2.21. The van der Waals surface area contributed by atoms with E-state index in [1.54, 1.807) is 0 Å². The van der Waals surface area contributed by atoms with Crippen molar-refractivity contribution < 1.29 is 5.11 Å². The van der Waals surface area contributed by atoms with Crippen LogP contribution in [0, 0.1) is 18.3 Å². The summed E-state index contributed by atoms with van der Waals surface area (Å²) in [6.07, 6.45) is 1.07. The molecule has 1 aliphatic heterocycles. The highest BCUT2D eigenvalue weighted by molar-refractivity contribution is 6.01. The lowest BCUT2D eigenvalue weighted by atomic mass is 10.0. The third-order valence-corrected chi connectivity index (χ3v) is 3.88. The maximum Gasteiger partial charge on any atom is 0.124 e. The van der Waals surface area contributed by atoms with Gasteiger partial charge >= 0.3 is 0 Å². The first-order valence-corrected chi connectivity index (χ1v) is 6.37. The fraction of sp³-hybridized carbons (Fsp3) is 0.500. The maximum atomic E-state index is 9.56. The van der Waals surface area contributed by atoms with Gasteiger partial charge in [-0.3, -0.25) is 5.41 Å². The molecule has 4 heteroatoms. The average molecular weight is 247 g/mol. The third kappa shape index (κ3) is 2.08. The molecule has 4 N–H and O–H groups in total. The van der Waals surface area contributed by atoms with Gasteiger partial charge < -0.3 is 15.7 Å². The highest BCUT2D eigenvalue weighted by Gasteiger charge is 2.32. The van der Waals surface area contributed by atoms with Crippen LogP contribution in [0.15, 0.2) is 18.2 Å². The number of nitrogen functional groups attached to an aromatic ring is 1. The average Bonchev–Trinajstić information content (AvgIpc) is 2.69. The second kappa shape index (κ2) is 4.98. The van der Waals surface area contributed by atoms with Gasteiger partial charge in [-0.15, -0.1) is 0 Å². The Bertz CT molecular complexity index is 458. The van der Waals surface area contributed by atoms with E-state index in [4.69, 9.17) is 11.1 Å². The summed E-state index contributed by atoms with van der Waals surface area (Å²) < 4.78 is 0. The molecule has 1 aliphatic rings. The monoisotopic (exact) mass is 247 g/mol. The molecule has 1 heterocycles. The van der Waals surface area contributed by atoms with Crippen molar-refractivity contribution in [1.29, 1.82) is 5.41 Å². The number of nitrogens with one attached hydrogen (secondary N) is 1. The zero-order valence-electron chi connectivity index (χ0n) is 11.0. The number of hydrogen-bond acceptors (Lipinski definition) is 3. The summed E-state index contributed by atoms with van der Waals surface area (Å²) in [5.74, 6) is 0.555. The number of nitrogens with two attached hydrogens (primary N) is 1. The van der Waals surface area contributed by atoms with E-state index in [1.807, 2.05) is 25.1 Å². The Morgan fingerprint density at radius 2 is 2.28 bits per heavy atom. The number of benzene rings is 1. The fourth-order valence-corrected chi connectivity index (χ4v) is 2.82. The van der Waals surface area contributed by atoms with Crippen LogP contribution in [0.3, 0.4) is 0 Å². The van der Waals surface area contributed by atoms with Crippen molar-refractivity contribution in [3.63, 3.8) is 0 Å². The molecule has 0 aromatic heterocycles. The van der Waals surface area contributed by atoms with Gasteiger partial charge in [0.15, 0.2) is 0 Å². The molecule has 0 radical (unpaired) electrons. The van der Waals surface area contributed by atoms with Crippen LogP contribution in [0.25, 0.3) is 0 Å². The number of nitrogens with zero attached hydrogens (tertiary/aromatic N) is 1. The third-order valence-electron chi connectivity index (χ3n) is 3.88. The lowest BCUT2D eigenvalue weighted by Gasteiger charge is -2.30. The van der Waals surface area contributed by atoms with Crippen molar-refractivity contribution in [3.8, 4) is 0 Å². The molecule has 2 rings (SSSR count). The molecule has 4 nitrogen and oxygen atoms in total. The van der Waals surface area contributed by atoms with Crippen LogP contribution in [0.1, 0.15) is 24.5 Å². The van der Waals surface area contributed by atoms with Crippen LogP contribution < -0.4 is 10.6 Å². The molecule has 0 saturated carbocycles. The number of aryl methyl sites for hydroxylation is 1. The topological polar surface area (TPSA) is 73.3 Å². The molecule has 2 atom stereocenters. The Morgan fingerprint density at radius 3 is 2.89 bits per heavy atom. The van der Waals surface area contributed by atoms with Crippen LogP contribution in [-0.2, 0) is 0 Å². The van der Waals surface area contributed by atoms with E-state index in [0.29, 0.717) is 5.92 Å². The van der Waals surface area contributed by atoms with E-state index < -0.39 is 0 Å². The van der Waals surface area contributed by atoms with Crippen LogP contribution >= 0.6 is 0 Å². The number of para-hydroxylation sites is 1. The van der Waals surface area contributed by atoms with Crippen molar-refractivity contribution in [2.24, 2.45) is 11.7 Å². The highest BCUT2D eigenvalue weighted by atomic mass is 16.3. The van der Waals surface area contributed by atoms with Crippen LogP contribution in [0.2, 0.25) is 0 Å². The molecule has 0 aliphatic carbocycles. The van der Waals surface area contributed by atoms with E-state index in [2.05, 4.69) is 11.8 Å². The minimum atomic E-state index is 0.0879. The summed E-state index contributed by atoms with van der Waals surface area (Å²) in [6.45, 7) is 5.25. The fourth-order valence-electron chi connectivity index (χ4n) is 2.82. The van der Waals surface area contributed by atoms with E-state index >= 15 is 0 Å². The summed E-state index contributed by atoms with van der Waals surface area (Å²) in [5.41, 5.74) is 8.55. The normalized spacial score (nSPS) is 23.4. The molecule has 1 aromatic carbocycles. The van der Waals surface area contributed by atoms with Crippen LogP contribution in [0.5, 0.6) is 0 Å². The molecule has 18 heavy (non-hydrogen) atoms. The summed E-state index contributed by atoms with van der Waals surface area (Å²) in [5, 5.41) is 17.3. The second-order valence-electron chi connectivity index (χ2n) is 5.09. The Labute approximate surface area is 108 Å². The standard InChI is InChI=1S/C14H21N3O/c1-9-6-7-17(12(9)8-18)13-10(2)4-3-5-11(13)14(15)16/h3-5,9,12,18H,6-8H2,1-2H3,(H3,15,16). The van der Waals surface area contributed by atoms with Gasteiger partial charge in [-0.1, -0.05) is 19.1 Å². The predicted molar refractivity (Wildman–Crippen MR) is 74.2 cm³/mol. The molecule has 1 aromatic rings. The summed E-state index contributed by atoms with van der Waals surface area (Å²) in [6, 6.07) is 5.95. The smallest absolute Gasteiger partial charge is 0.124 e. The quantitative estimate of drug-likeness (QED) is 0.559. The van der Waals surface area contributed by atoms with Gasteiger partial charge in [0.05, 0.1) is 18.3 Å². The van der Waals surface area contributed by atoms with Crippen molar-refractivity contribution in [2.75, 3.05) is 18.1 Å². The number of aliphatic hydroxyl groups is 1. The minimum Gasteiger partial charge on any atom is -0.394 e. The van der Waals surface area contributed by atoms with Crippen molar-refractivity contribution in [3.05, 3.63) is 29.3 Å². The number of aliphatic hydroxyl groups excluding tert-OH is 1. The van der Waals surface area contributed by atoms with Crippen molar-refractivity contribution in [1.82, 2.24) is 0 Å². The van der Waals surface area contributed by atoms with Gasteiger partial charge in [0.2, 0.25) is 0 Å². The lowest BCUT2D eigenvalue weighted by Crippen LogP contribution is -2.37. The molecule has 0 bridgehead atoms. The van der Waals surface area contributed by atoms with E-state index in [0.717, 1.165) is 29.8 Å². The molecule has 1 saturated heterocycles. The van der Waals surface area contributed by atoms with Crippen molar-refractivity contribution >= 4 is 11.5 Å². The van der Waals surface area contributed by atoms with Crippen molar-refractivity contribution in [2.45, 2.75) is 26.3 Å². The maximum absolute atomic E-state index is 9.56. The predicted octanol–water partition coefficient (Wildman–Crippen LogP) is 1.49. The van der Waals surface area contributed by atoms with Crippen LogP contribution in [0.4, 0.5) is 5.69 Å². The van der Waals surface area contributed by atoms with E-state index in [9.17, 15) is 5.11 Å². The SMILES string of the molecule is Cc1cccc(C(=N)N)c1N1CCC(C)C1CO. The Hall–Kier alpha value is -1.55. The molecule has 1 fully saturated rings. The van der Waals surface area contributed by atoms with Gasteiger partial charge in [0.25, 0.3) is 0 Å².